The fourth-order valence-electron chi connectivity index (χ4n) is 1.53. The Kier molecular flexibility index (Phi) is 3.77. The van der Waals surface area contributed by atoms with Crippen LogP contribution in [-0.2, 0) is 13.0 Å². The van der Waals surface area contributed by atoms with Gasteiger partial charge in [-0.25, -0.2) is 0 Å². The van der Waals surface area contributed by atoms with E-state index in [0.29, 0.717) is 18.7 Å². The molecule has 0 fully saturated rings. The van der Waals surface area contributed by atoms with Crippen LogP contribution in [0.15, 0.2) is 42.6 Å². The minimum Gasteiger partial charge on any atom is -0.487 e. The molecule has 0 aliphatic heterocycles. The van der Waals surface area contributed by atoms with Crippen LogP contribution in [-0.4, -0.2) is 4.98 Å². The third-order valence-electron chi connectivity index (χ3n) is 2.43. The lowest BCUT2D eigenvalue weighted by Gasteiger charge is -2.06. The third-order valence-corrected chi connectivity index (χ3v) is 2.43. The highest BCUT2D eigenvalue weighted by Gasteiger charge is 1.98. The average Bonchev–Trinajstić information content (AvgIpc) is 2.38. The smallest absolute Gasteiger partial charge is 0.130 e. The zero-order valence-corrected chi connectivity index (χ0v) is 9.84. The molecule has 0 atom stereocenters. The number of rotatable bonds is 4. The van der Waals surface area contributed by atoms with Gasteiger partial charge in [0.15, 0.2) is 0 Å². The number of nitrogens with zero attached hydrogens (tertiary/aromatic N) is 2. The minimum atomic E-state index is 0.378. The second-order valence-corrected chi connectivity index (χ2v) is 3.85. The van der Waals surface area contributed by atoms with Gasteiger partial charge in [-0.1, -0.05) is 12.1 Å². The van der Waals surface area contributed by atoms with Crippen LogP contribution in [0.2, 0.25) is 0 Å². The fourth-order valence-corrected chi connectivity index (χ4v) is 1.53. The summed E-state index contributed by atoms with van der Waals surface area (Å²) in [6.07, 6.45) is 2.07. The van der Waals surface area contributed by atoms with E-state index in [-0.39, 0.29) is 0 Å². The maximum absolute atomic E-state index is 8.57. The summed E-state index contributed by atoms with van der Waals surface area (Å²) in [5.74, 6) is 0.751. The van der Waals surface area contributed by atoms with Crippen LogP contribution in [0, 0.1) is 11.3 Å². The topological polar surface area (TPSA) is 71.9 Å². The summed E-state index contributed by atoms with van der Waals surface area (Å²) in [6, 6.07) is 13.1. The number of ether oxygens (including phenoxy) is 1. The number of benzene rings is 1. The molecule has 0 aliphatic carbocycles. The summed E-state index contributed by atoms with van der Waals surface area (Å²) in [6.45, 7) is 0.378. The van der Waals surface area contributed by atoms with Crippen LogP contribution in [0.5, 0.6) is 5.75 Å². The summed E-state index contributed by atoms with van der Waals surface area (Å²) < 4.78 is 5.58. The first-order valence-electron chi connectivity index (χ1n) is 5.57. The summed E-state index contributed by atoms with van der Waals surface area (Å²) in [7, 11) is 0. The van der Waals surface area contributed by atoms with Gasteiger partial charge < -0.3 is 10.5 Å². The van der Waals surface area contributed by atoms with E-state index in [4.69, 9.17) is 15.7 Å². The number of nitrogens with two attached hydrogens (primary N) is 1. The molecule has 0 amide bonds. The molecule has 0 bridgehead atoms. The quantitative estimate of drug-likeness (QED) is 0.888. The molecule has 1 heterocycles. The van der Waals surface area contributed by atoms with Crippen molar-refractivity contribution in [3.63, 3.8) is 0 Å². The lowest BCUT2D eigenvalue weighted by molar-refractivity contribution is 0.301. The first-order chi connectivity index (χ1) is 8.78. The first-order valence-corrected chi connectivity index (χ1v) is 5.57. The molecular formula is C14H13N3O. The Morgan fingerprint density at radius 1 is 1.22 bits per heavy atom. The number of anilines is 1. The van der Waals surface area contributed by atoms with Gasteiger partial charge in [0.2, 0.25) is 0 Å². The lowest BCUT2D eigenvalue weighted by Crippen LogP contribution is -1.99. The molecule has 2 aromatic rings. The van der Waals surface area contributed by atoms with Crippen molar-refractivity contribution in [3.05, 3.63) is 53.9 Å². The van der Waals surface area contributed by atoms with Gasteiger partial charge in [0.25, 0.3) is 0 Å². The Labute approximate surface area is 106 Å². The van der Waals surface area contributed by atoms with E-state index in [1.165, 1.54) is 0 Å². The number of hydrogen-bond donors (Lipinski definition) is 1. The second-order valence-electron chi connectivity index (χ2n) is 3.85. The predicted molar refractivity (Wildman–Crippen MR) is 68.7 cm³/mol. The van der Waals surface area contributed by atoms with Crippen LogP contribution in [0.1, 0.15) is 11.3 Å². The molecule has 18 heavy (non-hydrogen) atoms. The zero-order valence-electron chi connectivity index (χ0n) is 9.84. The number of aromatic nitrogens is 1. The van der Waals surface area contributed by atoms with E-state index in [1.54, 1.807) is 18.3 Å². The molecule has 0 spiro atoms. The van der Waals surface area contributed by atoms with Crippen LogP contribution in [0.3, 0.4) is 0 Å². The van der Waals surface area contributed by atoms with Crippen LogP contribution in [0.25, 0.3) is 0 Å². The maximum Gasteiger partial charge on any atom is 0.130 e. The molecule has 0 aliphatic rings. The summed E-state index contributed by atoms with van der Waals surface area (Å²) >= 11 is 0. The van der Waals surface area contributed by atoms with Gasteiger partial charge in [-0.2, -0.15) is 5.26 Å². The van der Waals surface area contributed by atoms with E-state index in [2.05, 4.69) is 11.1 Å². The zero-order chi connectivity index (χ0) is 12.8. The Balaban J connectivity index is 1.96. The molecule has 2 N–H and O–H groups in total. The van der Waals surface area contributed by atoms with Gasteiger partial charge in [-0.05, 0) is 29.8 Å². The van der Waals surface area contributed by atoms with E-state index in [1.807, 2.05) is 24.3 Å². The highest BCUT2D eigenvalue weighted by Crippen LogP contribution is 2.14. The van der Waals surface area contributed by atoms with E-state index in [0.717, 1.165) is 17.0 Å². The van der Waals surface area contributed by atoms with Crippen molar-refractivity contribution in [2.24, 2.45) is 0 Å². The van der Waals surface area contributed by atoms with Crippen molar-refractivity contribution in [3.8, 4) is 11.8 Å². The largest absolute Gasteiger partial charge is 0.487 e. The number of hydrogen-bond acceptors (Lipinski definition) is 4. The highest BCUT2D eigenvalue weighted by atomic mass is 16.5. The molecule has 2 rings (SSSR count). The van der Waals surface area contributed by atoms with Crippen LogP contribution >= 0.6 is 0 Å². The minimum absolute atomic E-state index is 0.378. The Hall–Kier alpha value is -2.54. The maximum atomic E-state index is 8.57. The van der Waals surface area contributed by atoms with Gasteiger partial charge in [0.1, 0.15) is 12.4 Å². The van der Waals surface area contributed by atoms with E-state index >= 15 is 0 Å². The molecule has 1 aromatic heterocycles. The van der Waals surface area contributed by atoms with Crippen molar-refractivity contribution in [1.29, 1.82) is 5.26 Å². The number of nitrogen functional groups attached to an aromatic ring is 1. The summed E-state index contributed by atoms with van der Waals surface area (Å²) in [5.41, 5.74) is 8.10. The number of pyridine rings is 1. The van der Waals surface area contributed by atoms with Gasteiger partial charge in [-0.3, -0.25) is 4.98 Å². The molecule has 4 nitrogen and oxygen atoms in total. The normalized spacial score (nSPS) is 9.72. The second kappa shape index (κ2) is 5.69. The van der Waals surface area contributed by atoms with Crippen LogP contribution in [0.4, 0.5) is 5.69 Å². The Morgan fingerprint density at radius 3 is 2.67 bits per heavy atom. The highest BCUT2D eigenvalue weighted by molar-refractivity contribution is 5.37. The first kappa shape index (κ1) is 11.9. The molecule has 4 heteroatoms. The molecule has 90 valence electrons. The monoisotopic (exact) mass is 239 g/mol. The van der Waals surface area contributed by atoms with E-state index < -0.39 is 0 Å². The van der Waals surface area contributed by atoms with Crippen molar-refractivity contribution in [2.45, 2.75) is 13.0 Å². The van der Waals surface area contributed by atoms with Crippen LogP contribution < -0.4 is 10.5 Å². The molecule has 0 unspecified atom stereocenters. The Bertz CT molecular complexity index is 558. The lowest BCUT2D eigenvalue weighted by atomic mass is 10.2. The number of nitriles is 1. The SMILES string of the molecule is N#CCc1ccc(OCc2cc(N)ccn2)cc1. The van der Waals surface area contributed by atoms with Crippen molar-refractivity contribution in [1.82, 2.24) is 4.98 Å². The van der Waals surface area contributed by atoms with Gasteiger partial charge in [-0.15, -0.1) is 0 Å². The van der Waals surface area contributed by atoms with Crippen molar-refractivity contribution < 1.29 is 4.74 Å². The van der Waals surface area contributed by atoms with Gasteiger partial charge in [0, 0.05) is 11.9 Å². The Morgan fingerprint density at radius 2 is 2.00 bits per heavy atom. The predicted octanol–water partition coefficient (Wildman–Crippen LogP) is 2.31. The molecule has 0 radical (unpaired) electrons. The van der Waals surface area contributed by atoms with Gasteiger partial charge >= 0.3 is 0 Å². The molecule has 0 saturated carbocycles. The van der Waals surface area contributed by atoms with E-state index in [9.17, 15) is 0 Å². The molecule has 0 saturated heterocycles. The molecular weight excluding hydrogens is 226 g/mol. The van der Waals surface area contributed by atoms with Crippen molar-refractivity contribution >= 4 is 5.69 Å². The average molecular weight is 239 g/mol. The third kappa shape index (κ3) is 3.22. The summed E-state index contributed by atoms with van der Waals surface area (Å²) in [5, 5.41) is 8.57. The van der Waals surface area contributed by atoms with Crippen molar-refractivity contribution in [2.75, 3.05) is 5.73 Å². The summed E-state index contributed by atoms with van der Waals surface area (Å²) in [4.78, 5) is 4.15. The van der Waals surface area contributed by atoms with Gasteiger partial charge in [0.05, 0.1) is 18.2 Å². The fraction of sp³-hybridized carbons (Fsp3) is 0.143. The standard InChI is InChI=1S/C14H13N3O/c15-7-5-11-1-3-14(4-2-11)18-10-13-9-12(16)6-8-17-13/h1-4,6,8-9H,5,10H2,(H2,16,17). The molecule has 1 aromatic carbocycles.